The summed E-state index contributed by atoms with van der Waals surface area (Å²) in [6, 6.07) is 0. The van der Waals surface area contributed by atoms with Crippen LogP contribution in [0.5, 0.6) is 0 Å². The van der Waals surface area contributed by atoms with E-state index in [1.807, 2.05) is 0 Å². The molecule has 144 valence electrons. The summed E-state index contributed by atoms with van der Waals surface area (Å²) in [7, 11) is -3.24. The van der Waals surface area contributed by atoms with Crippen molar-refractivity contribution in [3.63, 3.8) is 0 Å². The van der Waals surface area contributed by atoms with E-state index in [0.717, 1.165) is 44.6 Å². The molecule has 0 amide bonds. The number of rotatable bonds is 15. The second-order valence-corrected chi connectivity index (χ2v) is 8.98. The van der Waals surface area contributed by atoms with Gasteiger partial charge in [0.15, 0.2) is 5.12 Å². The third-order valence-electron chi connectivity index (χ3n) is 3.31. The molecule has 0 saturated heterocycles. The zero-order valence-corrected chi connectivity index (χ0v) is 18.0. The van der Waals surface area contributed by atoms with E-state index in [0.29, 0.717) is 18.9 Å². The van der Waals surface area contributed by atoms with E-state index in [9.17, 15) is 14.3 Å². The van der Waals surface area contributed by atoms with E-state index >= 15 is 0 Å². The van der Waals surface area contributed by atoms with Crippen molar-refractivity contribution in [2.24, 2.45) is 5.92 Å². The molecule has 0 aliphatic heterocycles. The van der Waals surface area contributed by atoms with Gasteiger partial charge in [0.05, 0.1) is 18.5 Å². The van der Waals surface area contributed by atoms with Crippen LogP contribution in [0.1, 0.15) is 59.3 Å². The van der Waals surface area contributed by atoms with Crippen LogP contribution in [0.15, 0.2) is 0 Å². The number of phosphoric ester groups is 1. The van der Waals surface area contributed by atoms with Gasteiger partial charge in [0.1, 0.15) is 0 Å². The van der Waals surface area contributed by atoms with E-state index in [1.54, 1.807) is 0 Å². The quantitative estimate of drug-likeness (QED) is 0.232. The van der Waals surface area contributed by atoms with Crippen molar-refractivity contribution < 1.29 is 46.9 Å². The summed E-state index contributed by atoms with van der Waals surface area (Å²) in [6.07, 6.45) is 5.69. The predicted octanol–water partition coefficient (Wildman–Crippen LogP) is 0.783. The van der Waals surface area contributed by atoms with Gasteiger partial charge in [-0.2, -0.15) is 0 Å². The summed E-state index contributed by atoms with van der Waals surface area (Å²) in [6.45, 7) is 7.03. The van der Waals surface area contributed by atoms with E-state index < -0.39 is 7.82 Å². The van der Waals surface area contributed by atoms with E-state index in [-0.39, 0.29) is 42.4 Å². The Morgan fingerprint density at radius 1 is 1.20 bits per heavy atom. The molecular weight excluding hydrogens is 358 g/mol. The van der Waals surface area contributed by atoms with E-state index in [4.69, 9.17) is 9.26 Å². The number of carbonyl (C=O) groups excluding carboxylic acids is 1. The van der Waals surface area contributed by atoms with Gasteiger partial charge in [-0.15, -0.1) is 0 Å². The molecule has 6 nitrogen and oxygen atoms in total. The molecular formula is C16H32LiO6PS. The maximum Gasteiger partial charge on any atom is 1.00 e. The third kappa shape index (κ3) is 17.8. The number of thioether (sulfide) groups is 1. The van der Waals surface area contributed by atoms with Crippen LogP contribution in [0.3, 0.4) is 0 Å². The van der Waals surface area contributed by atoms with Crippen molar-refractivity contribution in [3.05, 3.63) is 0 Å². The molecule has 0 radical (unpaired) electrons. The van der Waals surface area contributed by atoms with Gasteiger partial charge in [-0.25, -0.2) is 0 Å². The Hall–Kier alpha value is 0.687. The van der Waals surface area contributed by atoms with Crippen LogP contribution in [0.4, 0.5) is 0 Å². The number of carbonyl (C=O) groups is 1. The number of phosphoric acid groups is 1. The van der Waals surface area contributed by atoms with Crippen LogP contribution in [0.25, 0.3) is 0 Å². The van der Waals surface area contributed by atoms with Crippen molar-refractivity contribution in [1.29, 1.82) is 0 Å². The second kappa shape index (κ2) is 16.8. The Bertz CT molecular complexity index is 384. The van der Waals surface area contributed by atoms with Gasteiger partial charge < -0.3 is 18.7 Å². The molecule has 0 bridgehead atoms. The molecule has 0 fully saturated rings. The Kier molecular flexibility index (Phi) is 18.8. The Labute approximate surface area is 168 Å². The molecule has 0 aromatic rings. The average molecular weight is 390 g/mol. The van der Waals surface area contributed by atoms with Gasteiger partial charge in [-0.1, -0.05) is 51.8 Å². The minimum absolute atomic E-state index is 0. The van der Waals surface area contributed by atoms with Gasteiger partial charge in [0, 0.05) is 20.1 Å². The fourth-order valence-corrected chi connectivity index (χ4v) is 3.32. The van der Waals surface area contributed by atoms with Crippen LogP contribution < -0.4 is 23.8 Å². The number of hydrogen-bond donors (Lipinski definition) is 0. The monoisotopic (exact) mass is 390 g/mol. The summed E-state index contributed by atoms with van der Waals surface area (Å²) in [5.74, 6) is 0.453. The maximum atomic E-state index is 12.0. The first-order chi connectivity index (χ1) is 11.3. The molecule has 1 unspecified atom stereocenters. The van der Waals surface area contributed by atoms with Crippen molar-refractivity contribution >= 4 is 24.7 Å². The molecule has 0 heterocycles. The Morgan fingerprint density at radius 2 is 1.88 bits per heavy atom. The van der Waals surface area contributed by atoms with E-state index in [1.165, 1.54) is 6.42 Å². The molecule has 0 saturated carbocycles. The van der Waals surface area contributed by atoms with Crippen molar-refractivity contribution in [1.82, 2.24) is 0 Å². The molecule has 0 rings (SSSR count). The number of unbranched alkanes of at least 4 members (excludes halogenated alkanes) is 3. The fourth-order valence-electron chi connectivity index (χ4n) is 1.84. The summed E-state index contributed by atoms with van der Waals surface area (Å²) >= 11 is 1.10. The van der Waals surface area contributed by atoms with Crippen molar-refractivity contribution in [2.45, 2.75) is 64.5 Å². The first-order valence-corrected chi connectivity index (χ1v) is 10.9. The van der Waals surface area contributed by atoms with Crippen LogP contribution >= 0.6 is 19.6 Å². The topological polar surface area (TPSA) is 84.9 Å². The smallest absolute Gasteiger partial charge is 0.756 e. The number of ether oxygens (including phenoxy) is 1. The largest absolute Gasteiger partial charge is 1.00 e. The zero-order chi connectivity index (χ0) is 18.4. The van der Waals surface area contributed by atoms with Crippen molar-refractivity contribution in [2.75, 3.05) is 26.9 Å². The maximum absolute atomic E-state index is 12.0. The van der Waals surface area contributed by atoms with Gasteiger partial charge in [-0.3, -0.25) is 9.36 Å². The van der Waals surface area contributed by atoms with Gasteiger partial charge in [-0.05, 0) is 18.8 Å². The van der Waals surface area contributed by atoms with Crippen LogP contribution in [-0.4, -0.2) is 37.3 Å². The molecule has 2 atom stereocenters. The molecule has 0 aliphatic carbocycles. The van der Waals surface area contributed by atoms with Crippen LogP contribution in [0.2, 0.25) is 0 Å². The summed E-state index contributed by atoms with van der Waals surface area (Å²) in [5.41, 5.74) is 0. The second-order valence-electron chi connectivity index (χ2n) is 6.11. The first kappa shape index (κ1) is 27.9. The summed E-state index contributed by atoms with van der Waals surface area (Å²) in [5, 5.41) is -0.321. The standard InChI is InChI=1S/C16H33O6PS.Li/c1-5-6-7-8-11-21-12-15(13-22-23(18,19)20-4)24-16(17)10-9-14(2)3;/h14-15H,5-13H2,1-4H3,(H,18,19);/q;+1/p-1/t15-;/m1./s1. The first-order valence-electron chi connectivity index (χ1n) is 8.59. The predicted molar refractivity (Wildman–Crippen MR) is 96.0 cm³/mol. The molecule has 25 heavy (non-hydrogen) atoms. The van der Waals surface area contributed by atoms with E-state index in [2.05, 4.69) is 25.3 Å². The fraction of sp³-hybridized carbons (Fsp3) is 0.938. The molecule has 0 spiro atoms. The minimum Gasteiger partial charge on any atom is -0.756 e. The average Bonchev–Trinajstić information content (AvgIpc) is 2.53. The minimum atomic E-state index is -4.29. The normalized spacial score (nSPS) is 14.8. The van der Waals surface area contributed by atoms with Crippen LogP contribution in [0, 0.1) is 5.92 Å². The van der Waals surface area contributed by atoms with Crippen LogP contribution in [-0.2, 0) is 23.1 Å². The third-order valence-corrected chi connectivity index (χ3v) is 5.30. The zero-order valence-electron chi connectivity index (χ0n) is 16.3. The molecule has 0 aliphatic rings. The van der Waals surface area contributed by atoms with Gasteiger partial charge in [0.25, 0.3) is 7.82 Å². The molecule has 0 N–H and O–H groups in total. The number of hydrogen-bond acceptors (Lipinski definition) is 7. The Morgan fingerprint density at radius 3 is 2.44 bits per heavy atom. The summed E-state index contributed by atoms with van der Waals surface area (Å²) < 4.78 is 26.0. The molecule has 0 aromatic heterocycles. The Balaban J connectivity index is 0. The summed E-state index contributed by atoms with van der Waals surface area (Å²) in [4.78, 5) is 23.3. The molecule has 9 heteroatoms. The van der Waals surface area contributed by atoms with Gasteiger partial charge >= 0.3 is 18.9 Å². The molecule has 0 aromatic carbocycles. The SMILES string of the molecule is CCCCCCOC[C@H](COP(=O)([O-])OC)SC(=O)CCC(C)C.[Li+]. The van der Waals surface area contributed by atoms with Gasteiger partial charge in [0.2, 0.25) is 0 Å². The van der Waals surface area contributed by atoms with Crippen molar-refractivity contribution in [3.8, 4) is 0 Å².